The second-order valence-electron chi connectivity index (χ2n) is 11.5. The molecule has 0 spiro atoms. The minimum absolute atomic E-state index is 0.0355. The summed E-state index contributed by atoms with van der Waals surface area (Å²) in [5.41, 5.74) is 2.78. The van der Waals surface area contributed by atoms with E-state index in [9.17, 15) is 18.0 Å². The first-order valence-electron chi connectivity index (χ1n) is 15.4. The van der Waals surface area contributed by atoms with Gasteiger partial charge in [-0.1, -0.05) is 72.8 Å². The molecule has 0 radical (unpaired) electrons. The van der Waals surface area contributed by atoms with Crippen LogP contribution >= 0.6 is 0 Å². The van der Waals surface area contributed by atoms with Crippen LogP contribution in [-0.4, -0.2) is 81.5 Å². The fourth-order valence-electron chi connectivity index (χ4n) is 5.33. The number of amides is 2. The van der Waals surface area contributed by atoms with E-state index in [4.69, 9.17) is 4.74 Å². The summed E-state index contributed by atoms with van der Waals surface area (Å²) in [4.78, 5) is 31.9. The minimum atomic E-state index is -3.54. The van der Waals surface area contributed by atoms with Gasteiger partial charge in [0.15, 0.2) is 0 Å². The molecule has 1 heterocycles. The number of nitrogens with zero attached hydrogens (tertiary/aromatic N) is 2. The zero-order chi connectivity index (χ0) is 30.8. The van der Waals surface area contributed by atoms with E-state index in [2.05, 4.69) is 14.9 Å². The predicted octanol–water partition coefficient (Wildman–Crippen LogP) is 3.15. The molecule has 2 amide bonds. The molecule has 44 heavy (non-hydrogen) atoms. The summed E-state index contributed by atoms with van der Waals surface area (Å²) in [5.74, 6) is -0.311. The molecule has 2 N–H and O–H groups in total. The number of benzene rings is 3. The summed E-state index contributed by atoms with van der Waals surface area (Å²) >= 11 is 0. The van der Waals surface area contributed by atoms with Crippen molar-refractivity contribution in [2.75, 3.05) is 39.4 Å². The molecule has 3 aromatic carbocycles. The van der Waals surface area contributed by atoms with Gasteiger partial charge in [-0.25, -0.2) is 13.1 Å². The number of sulfonamides is 1. The number of ether oxygens (including phenoxy) is 1. The Balaban J connectivity index is 1.30. The lowest BCUT2D eigenvalue weighted by Crippen LogP contribution is -2.52. The highest BCUT2D eigenvalue weighted by Crippen LogP contribution is 2.23. The number of rotatable bonds is 15. The lowest BCUT2D eigenvalue weighted by atomic mass is 10.0. The van der Waals surface area contributed by atoms with Gasteiger partial charge in [-0.2, -0.15) is 0 Å². The Bertz CT molecular complexity index is 1460. The molecule has 3 aromatic rings. The molecule has 1 aliphatic heterocycles. The number of hydrogen-bond donors (Lipinski definition) is 2. The second kappa shape index (κ2) is 15.4. The van der Waals surface area contributed by atoms with E-state index in [1.807, 2.05) is 60.7 Å². The number of hydrogen-bond acceptors (Lipinski definition) is 6. The van der Waals surface area contributed by atoms with Crippen LogP contribution in [0.15, 0.2) is 89.8 Å². The van der Waals surface area contributed by atoms with Crippen LogP contribution in [0, 0.1) is 0 Å². The average Bonchev–Trinajstić information content (AvgIpc) is 3.86. The second-order valence-corrected chi connectivity index (χ2v) is 13.2. The highest BCUT2D eigenvalue weighted by Gasteiger charge is 2.31. The van der Waals surface area contributed by atoms with Crippen LogP contribution in [0.5, 0.6) is 0 Å². The molecule has 9 nitrogen and oxygen atoms in total. The van der Waals surface area contributed by atoms with Crippen LogP contribution in [-0.2, 0) is 43.7 Å². The smallest absolute Gasteiger partial charge is 0.243 e. The van der Waals surface area contributed by atoms with E-state index < -0.39 is 16.1 Å². The van der Waals surface area contributed by atoms with Gasteiger partial charge in [0.05, 0.1) is 18.1 Å². The van der Waals surface area contributed by atoms with E-state index in [-0.39, 0.29) is 29.2 Å². The first kappa shape index (κ1) is 31.8. The maximum absolute atomic E-state index is 14.0. The average molecular weight is 619 g/mol. The number of morpholine rings is 1. The van der Waals surface area contributed by atoms with E-state index in [0.717, 1.165) is 49.2 Å². The molecule has 10 heteroatoms. The van der Waals surface area contributed by atoms with Gasteiger partial charge in [-0.15, -0.1) is 0 Å². The van der Waals surface area contributed by atoms with Crippen molar-refractivity contribution in [1.29, 1.82) is 0 Å². The van der Waals surface area contributed by atoms with Gasteiger partial charge in [0.2, 0.25) is 21.8 Å². The van der Waals surface area contributed by atoms with E-state index in [0.29, 0.717) is 39.1 Å². The van der Waals surface area contributed by atoms with Crippen LogP contribution < -0.4 is 10.0 Å². The fourth-order valence-corrected chi connectivity index (χ4v) is 6.64. The molecule has 2 aliphatic rings. The maximum atomic E-state index is 14.0. The Kier molecular flexibility index (Phi) is 11.2. The summed E-state index contributed by atoms with van der Waals surface area (Å²) in [6, 6.07) is 25.5. The van der Waals surface area contributed by atoms with Crippen molar-refractivity contribution in [3.05, 3.63) is 102 Å². The van der Waals surface area contributed by atoms with Gasteiger partial charge < -0.3 is 15.0 Å². The van der Waals surface area contributed by atoms with Gasteiger partial charge in [-0.05, 0) is 48.1 Å². The minimum Gasteiger partial charge on any atom is -0.379 e. The topological polar surface area (TPSA) is 108 Å². The van der Waals surface area contributed by atoms with Crippen molar-refractivity contribution < 1.29 is 22.7 Å². The molecule has 0 aromatic heterocycles. The Morgan fingerprint density at radius 2 is 1.50 bits per heavy atom. The van der Waals surface area contributed by atoms with Crippen LogP contribution in [0.3, 0.4) is 0 Å². The largest absolute Gasteiger partial charge is 0.379 e. The molecule has 234 valence electrons. The maximum Gasteiger partial charge on any atom is 0.243 e. The fraction of sp³-hybridized carbons (Fsp3) is 0.412. The Morgan fingerprint density at radius 3 is 2.14 bits per heavy atom. The van der Waals surface area contributed by atoms with Crippen molar-refractivity contribution in [3.63, 3.8) is 0 Å². The van der Waals surface area contributed by atoms with Crippen molar-refractivity contribution in [3.8, 4) is 0 Å². The molecule has 2 fully saturated rings. The summed E-state index contributed by atoms with van der Waals surface area (Å²) in [7, 11) is -3.54. The molecular weight excluding hydrogens is 576 g/mol. The SMILES string of the molecule is O=C(NCCN1CCOCC1)C(Cc1ccccc1)N(Cc1ccccc1)C(=O)CCc1ccc(S(=O)(=O)NC2CC2)cc1. The summed E-state index contributed by atoms with van der Waals surface area (Å²) in [6.07, 6.45) is 2.75. The normalized spacial score (nSPS) is 16.3. The molecule has 1 saturated heterocycles. The van der Waals surface area contributed by atoms with E-state index in [1.54, 1.807) is 29.2 Å². The predicted molar refractivity (Wildman–Crippen MR) is 169 cm³/mol. The third-order valence-electron chi connectivity index (χ3n) is 8.06. The van der Waals surface area contributed by atoms with E-state index in [1.165, 1.54) is 0 Å². The highest BCUT2D eigenvalue weighted by molar-refractivity contribution is 7.89. The van der Waals surface area contributed by atoms with Crippen LogP contribution in [0.4, 0.5) is 0 Å². The van der Waals surface area contributed by atoms with Crippen LogP contribution in [0.2, 0.25) is 0 Å². The quantitative estimate of drug-likeness (QED) is 0.271. The van der Waals surface area contributed by atoms with Gasteiger partial charge in [0.25, 0.3) is 0 Å². The van der Waals surface area contributed by atoms with Gasteiger partial charge in [-0.3, -0.25) is 14.5 Å². The van der Waals surface area contributed by atoms with Crippen LogP contribution in [0.25, 0.3) is 0 Å². The van der Waals surface area contributed by atoms with Gasteiger partial charge in [0.1, 0.15) is 6.04 Å². The standard InChI is InChI=1S/C34H42N4O5S/c39-33(18-13-27-11-16-31(17-12-27)44(41,42)36-30-14-15-30)38(26-29-9-5-2-6-10-29)32(25-28-7-3-1-4-8-28)34(40)35-19-20-37-21-23-43-24-22-37/h1-12,16-17,30,32,36H,13-15,18-26H2,(H,35,40). The summed E-state index contributed by atoms with van der Waals surface area (Å²) in [5, 5.41) is 3.11. The molecule has 5 rings (SSSR count). The molecule has 1 aliphatic carbocycles. The van der Waals surface area contributed by atoms with Crippen molar-refractivity contribution in [1.82, 2.24) is 19.8 Å². The molecule has 1 atom stereocenters. The first-order valence-corrected chi connectivity index (χ1v) is 16.9. The molecule has 0 bridgehead atoms. The summed E-state index contributed by atoms with van der Waals surface area (Å²) in [6.45, 7) is 4.58. The first-order chi connectivity index (χ1) is 21.4. The highest BCUT2D eigenvalue weighted by atomic mass is 32.2. The Labute approximate surface area is 260 Å². The van der Waals surface area contributed by atoms with E-state index >= 15 is 0 Å². The number of carbonyl (C=O) groups is 2. The Morgan fingerprint density at radius 1 is 0.864 bits per heavy atom. The lowest BCUT2D eigenvalue weighted by Gasteiger charge is -2.32. The lowest BCUT2D eigenvalue weighted by molar-refractivity contribution is -0.141. The zero-order valence-electron chi connectivity index (χ0n) is 25.1. The van der Waals surface area contributed by atoms with Crippen molar-refractivity contribution in [2.45, 2.75) is 55.6 Å². The van der Waals surface area contributed by atoms with Gasteiger partial charge in [0, 0.05) is 51.6 Å². The van der Waals surface area contributed by atoms with Crippen LogP contribution in [0.1, 0.15) is 36.0 Å². The van der Waals surface area contributed by atoms with Crippen molar-refractivity contribution in [2.24, 2.45) is 0 Å². The number of aryl methyl sites for hydroxylation is 1. The monoisotopic (exact) mass is 618 g/mol. The molecular formula is C34H42N4O5S. The third-order valence-corrected chi connectivity index (χ3v) is 9.59. The molecule has 1 unspecified atom stereocenters. The zero-order valence-corrected chi connectivity index (χ0v) is 25.9. The molecule has 1 saturated carbocycles. The number of carbonyl (C=O) groups excluding carboxylic acids is 2. The third kappa shape index (κ3) is 9.46. The van der Waals surface area contributed by atoms with Gasteiger partial charge >= 0.3 is 0 Å². The summed E-state index contributed by atoms with van der Waals surface area (Å²) < 4.78 is 33.2. The number of nitrogens with one attached hydrogen (secondary N) is 2. The Hall–Kier alpha value is -3.57. The van der Waals surface area contributed by atoms with Crippen molar-refractivity contribution >= 4 is 21.8 Å².